The molecule has 0 spiro atoms. The summed E-state index contributed by atoms with van der Waals surface area (Å²) < 4.78 is 13.6. The summed E-state index contributed by atoms with van der Waals surface area (Å²) in [6.45, 7) is 4.77. The van der Waals surface area contributed by atoms with E-state index >= 15 is 0 Å². The molecule has 0 aromatic heterocycles. The Hall–Kier alpha value is -1.46. The summed E-state index contributed by atoms with van der Waals surface area (Å²) in [5.41, 5.74) is 0.134. The lowest BCUT2D eigenvalue weighted by atomic mass is 10.1. The molecule has 1 atom stereocenters. The highest BCUT2D eigenvalue weighted by molar-refractivity contribution is 5.94. The molecule has 0 radical (unpaired) electrons. The number of carbonyl (C=O) groups is 1. The van der Waals surface area contributed by atoms with Crippen molar-refractivity contribution in [3.8, 4) is 0 Å². The summed E-state index contributed by atoms with van der Waals surface area (Å²) in [4.78, 5) is 16.1. The molecule has 0 bridgehead atoms. The highest BCUT2D eigenvalue weighted by Gasteiger charge is 2.26. The van der Waals surface area contributed by atoms with Gasteiger partial charge in [-0.1, -0.05) is 19.1 Å². The smallest absolute Gasteiger partial charge is 0.256 e. The van der Waals surface area contributed by atoms with E-state index in [1.165, 1.54) is 12.1 Å². The third kappa shape index (κ3) is 3.16. The second-order valence-electron chi connectivity index (χ2n) is 5.05. The van der Waals surface area contributed by atoms with E-state index in [0.717, 1.165) is 19.5 Å². The Morgan fingerprint density at radius 2 is 1.95 bits per heavy atom. The van der Waals surface area contributed by atoms with Crippen molar-refractivity contribution in [2.45, 2.75) is 19.4 Å². The number of rotatable bonds is 4. The number of hydrogen-bond acceptors (Lipinski definition) is 3. The zero-order valence-electron chi connectivity index (χ0n) is 11.8. The summed E-state index contributed by atoms with van der Waals surface area (Å²) in [5, 5.41) is 9.30. The molecule has 1 aromatic carbocycles. The van der Waals surface area contributed by atoms with Crippen LogP contribution in [0.3, 0.4) is 0 Å². The second kappa shape index (κ2) is 6.81. The number of hydrogen-bond donors (Lipinski definition) is 1. The fourth-order valence-electron chi connectivity index (χ4n) is 2.60. The lowest BCUT2D eigenvalue weighted by Gasteiger charge is -2.38. The molecule has 1 aliphatic heterocycles. The van der Waals surface area contributed by atoms with Crippen molar-refractivity contribution in [3.05, 3.63) is 35.6 Å². The number of amides is 1. The normalized spacial score (nSPS) is 18.1. The van der Waals surface area contributed by atoms with Gasteiger partial charge in [-0.2, -0.15) is 0 Å². The first kappa shape index (κ1) is 14.9. The van der Waals surface area contributed by atoms with Crippen LogP contribution >= 0.6 is 0 Å². The third-order valence-electron chi connectivity index (χ3n) is 3.90. The lowest BCUT2D eigenvalue weighted by Crippen LogP contribution is -2.52. The molecule has 1 aromatic rings. The molecule has 2 rings (SSSR count). The van der Waals surface area contributed by atoms with Crippen LogP contribution in [0, 0.1) is 5.82 Å². The van der Waals surface area contributed by atoms with Crippen LogP contribution in [0.4, 0.5) is 4.39 Å². The maximum Gasteiger partial charge on any atom is 0.256 e. The summed E-state index contributed by atoms with van der Waals surface area (Å²) in [7, 11) is 0. The van der Waals surface area contributed by atoms with Crippen molar-refractivity contribution in [1.82, 2.24) is 9.80 Å². The van der Waals surface area contributed by atoms with Crippen molar-refractivity contribution in [1.29, 1.82) is 0 Å². The average Bonchev–Trinajstić information content (AvgIpc) is 2.49. The lowest BCUT2D eigenvalue weighted by molar-refractivity contribution is 0.0469. The first-order chi connectivity index (χ1) is 9.67. The standard InChI is InChI=1S/C15H21FN2O2/c1-2-12(11-19)17-7-9-18(10-8-17)15(20)13-5-3-4-6-14(13)16/h3-6,12,19H,2,7-11H2,1H3. The number of aliphatic hydroxyl groups excluding tert-OH is 1. The molecule has 0 saturated carbocycles. The SMILES string of the molecule is CCC(CO)N1CCN(C(=O)c2ccccc2F)CC1. The van der Waals surface area contributed by atoms with Crippen LogP contribution in [0.25, 0.3) is 0 Å². The molecular formula is C15H21FN2O2. The minimum atomic E-state index is -0.471. The molecule has 5 heteroatoms. The number of halogens is 1. The van der Waals surface area contributed by atoms with Crippen LogP contribution in [-0.2, 0) is 0 Å². The maximum absolute atomic E-state index is 13.6. The van der Waals surface area contributed by atoms with E-state index in [9.17, 15) is 14.3 Å². The van der Waals surface area contributed by atoms with Gasteiger partial charge < -0.3 is 10.0 Å². The van der Waals surface area contributed by atoms with Gasteiger partial charge in [0.05, 0.1) is 12.2 Å². The van der Waals surface area contributed by atoms with E-state index in [0.29, 0.717) is 13.1 Å². The first-order valence-corrected chi connectivity index (χ1v) is 7.06. The first-order valence-electron chi connectivity index (χ1n) is 7.06. The van der Waals surface area contributed by atoms with Gasteiger partial charge in [0.2, 0.25) is 0 Å². The Bertz CT molecular complexity index is 455. The van der Waals surface area contributed by atoms with Crippen LogP contribution in [0.1, 0.15) is 23.7 Å². The molecule has 0 aliphatic carbocycles. The quantitative estimate of drug-likeness (QED) is 0.905. The minimum Gasteiger partial charge on any atom is -0.395 e. The van der Waals surface area contributed by atoms with Gasteiger partial charge in [0.1, 0.15) is 5.82 Å². The van der Waals surface area contributed by atoms with E-state index in [2.05, 4.69) is 4.90 Å². The fraction of sp³-hybridized carbons (Fsp3) is 0.533. The molecule has 1 N–H and O–H groups in total. The zero-order chi connectivity index (χ0) is 14.5. The molecule has 1 aliphatic rings. The van der Waals surface area contributed by atoms with Gasteiger partial charge in [0.15, 0.2) is 0 Å². The highest BCUT2D eigenvalue weighted by Crippen LogP contribution is 2.14. The van der Waals surface area contributed by atoms with Crippen molar-refractivity contribution < 1.29 is 14.3 Å². The van der Waals surface area contributed by atoms with E-state index in [1.807, 2.05) is 6.92 Å². The number of piperazine rings is 1. The van der Waals surface area contributed by atoms with E-state index in [4.69, 9.17) is 0 Å². The van der Waals surface area contributed by atoms with E-state index in [1.54, 1.807) is 17.0 Å². The van der Waals surface area contributed by atoms with Crippen LogP contribution in [-0.4, -0.2) is 59.6 Å². The van der Waals surface area contributed by atoms with Crippen molar-refractivity contribution in [2.24, 2.45) is 0 Å². The Morgan fingerprint density at radius 3 is 2.50 bits per heavy atom. The molecule has 110 valence electrons. The average molecular weight is 280 g/mol. The van der Waals surface area contributed by atoms with Crippen LogP contribution in [0.2, 0.25) is 0 Å². The number of nitrogens with zero attached hydrogens (tertiary/aromatic N) is 2. The number of benzene rings is 1. The number of aliphatic hydroxyl groups is 1. The predicted molar refractivity (Wildman–Crippen MR) is 75.0 cm³/mol. The van der Waals surface area contributed by atoms with Crippen LogP contribution < -0.4 is 0 Å². The Kier molecular flexibility index (Phi) is 5.09. The molecule has 1 saturated heterocycles. The summed E-state index contributed by atoms with van der Waals surface area (Å²) >= 11 is 0. The summed E-state index contributed by atoms with van der Waals surface area (Å²) in [6, 6.07) is 6.23. The van der Waals surface area contributed by atoms with Crippen molar-refractivity contribution in [3.63, 3.8) is 0 Å². The fourth-order valence-corrected chi connectivity index (χ4v) is 2.60. The molecule has 1 amide bonds. The third-order valence-corrected chi connectivity index (χ3v) is 3.90. The Balaban J connectivity index is 1.97. The predicted octanol–water partition coefficient (Wildman–Crippen LogP) is 1.35. The van der Waals surface area contributed by atoms with Crippen molar-refractivity contribution in [2.75, 3.05) is 32.8 Å². The summed E-state index contributed by atoms with van der Waals surface area (Å²) in [6.07, 6.45) is 0.887. The Labute approximate surface area is 118 Å². The zero-order valence-corrected chi connectivity index (χ0v) is 11.8. The van der Waals surface area contributed by atoms with Gasteiger partial charge >= 0.3 is 0 Å². The Morgan fingerprint density at radius 1 is 1.30 bits per heavy atom. The van der Waals surface area contributed by atoms with E-state index < -0.39 is 5.82 Å². The summed E-state index contributed by atoms with van der Waals surface area (Å²) in [5.74, 6) is -0.721. The van der Waals surface area contributed by atoms with Gasteiger partial charge in [0, 0.05) is 32.2 Å². The van der Waals surface area contributed by atoms with Crippen molar-refractivity contribution >= 4 is 5.91 Å². The maximum atomic E-state index is 13.6. The van der Waals surface area contributed by atoms with E-state index in [-0.39, 0.29) is 24.1 Å². The molecule has 1 fully saturated rings. The topological polar surface area (TPSA) is 43.8 Å². The number of carbonyl (C=O) groups excluding carboxylic acids is 1. The molecule has 4 nitrogen and oxygen atoms in total. The second-order valence-corrected chi connectivity index (χ2v) is 5.05. The van der Waals surface area contributed by atoms with Gasteiger partial charge in [-0.25, -0.2) is 4.39 Å². The van der Waals surface area contributed by atoms with Gasteiger partial charge in [0.25, 0.3) is 5.91 Å². The molecule has 1 unspecified atom stereocenters. The van der Waals surface area contributed by atoms with Crippen LogP contribution in [0.15, 0.2) is 24.3 Å². The van der Waals surface area contributed by atoms with Gasteiger partial charge in [-0.15, -0.1) is 0 Å². The molecule has 20 heavy (non-hydrogen) atoms. The van der Waals surface area contributed by atoms with Gasteiger partial charge in [-0.3, -0.25) is 9.69 Å². The highest BCUT2D eigenvalue weighted by atomic mass is 19.1. The monoisotopic (exact) mass is 280 g/mol. The van der Waals surface area contributed by atoms with Crippen LogP contribution in [0.5, 0.6) is 0 Å². The minimum absolute atomic E-state index is 0.134. The molecule has 1 heterocycles. The molecular weight excluding hydrogens is 259 g/mol. The largest absolute Gasteiger partial charge is 0.395 e. The van der Waals surface area contributed by atoms with Gasteiger partial charge in [-0.05, 0) is 18.6 Å².